The minimum absolute atomic E-state index is 0.0544. The fourth-order valence-electron chi connectivity index (χ4n) is 13.2. The van der Waals surface area contributed by atoms with E-state index in [1.807, 2.05) is 113 Å². The molecule has 1 aromatic carbocycles. The zero-order chi connectivity index (χ0) is 62.4. The molecule has 0 radical (unpaired) electrons. The number of carbonyl (C=O) groups excluding carboxylic acids is 1. The number of pyridine rings is 6. The number of piperidine rings is 1. The highest BCUT2D eigenvalue weighted by Gasteiger charge is 2.38. The van der Waals surface area contributed by atoms with Crippen LogP contribution in [0.1, 0.15) is 97.0 Å². The van der Waals surface area contributed by atoms with Crippen molar-refractivity contribution >= 4 is 23.0 Å². The van der Waals surface area contributed by atoms with Gasteiger partial charge < -0.3 is 24.6 Å². The molecule has 12 aromatic heterocycles. The Morgan fingerprint density at radius 3 is 2.03 bits per heavy atom. The Balaban J connectivity index is 0.708. The Labute approximate surface area is 529 Å². The van der Waals surface area contributed by atoms with Crippen molar-refractivity contribution in [1.29, 1.82) is 0 Å². The van der Waals surface area contributed by atoms with E-state index in [9.17, 15) is 4.79 Å². The second kappa shape index (κ2) is 22.7. The standard InChI is InChI=1S/C69H67N21O2/c1-40-12-9-17-52(74-40)63-60(77-55(79-63)37-86-24-21-43-14-7-8-15-45(43)30-86)44-22-25-88-59(28-44)81-67(84-88)47-16-11-23-85(31-47)36-56-78-62(64(80-56)53-18-10-13-41(2)75-53)50-29-58-71-39-73-90(58)35-51(50)48-26-42(3)76-54(27-48)65-61(46-19-20-57-70-38-72-89(57)34-46)82-66(83-65)49-32-87(33-49)68(91)92-69(4,5)6/h7-10,12-15,17-20,22,25-29,34-35,38-39,47,49H,11,16,21,23-24,30-33,36-37H2,1-6H3,(H,77,79)(H,78,80)(H,82,83). The second-order valence-corrected chi connectivity index (χ2v) is 25.6. The molecule has 2 saturated heterocycles. The number of H-pyrrole nitrogens is 3. The summed E-state index contributed by atoms with van der Waals surface area (Å²) < 4.78 is 11.1. The number of ether oxygens (including phenoxy) is 1. The SMILES string of the molecule is Cc1cccc(-c2nc(CN3CCc4ccccc4C3)[nH]c2-c2ccn3nc(C4CCCN(Cc5nc(-c6cccc(C)n6)c(-c6cc7ncnn7cc6-c6cc(C)nc(-c7nc(C8CN(C(=O)OC(C)(C)C)C8)[nH]c7-c7ccc8ncnn8c7)c6)[nH]5)C4)nc3c2)n1. The summed E-state index contributed by atoms with van der Waals surface area (Å²) in [4.78, 5) is 76.4. The average Bonchev–Trinajstić information content (AvgIpc) is 1.67. The number of likely N-dealkylation sites (tertiary alicyclic amines) is 2. The van der Waals surface area contributed by atoms with Crippen LogP contribution in [0.5, 0.6) is 0 Å². The summed E-state index contributed by atoms with van der Waals surface area (Å²) in [6.45, 7) is 17.3. The molecule has 0 saturated carbocycles. The van der Waals surface area contributed by atoms with E-state index in [4.69, 9.17) is 44.7 Å². The van der Waals surface area contributed by atoms with Crippen LogP contribution in [0.4, 0.5) is 4.79 Å². The third-order valence-corrected chi connectivity index (χ3v) is 17.6. The van der Waals surface area contributed by atoms with Crippen molar-refractivity contribution in [2.24, 2.45) is 0 Å². The normalized spacial score (nSPS) is 15.8. The Hall–Kier alpha value is -10.7. The van der Waals surface area contributed by atoms with E-state index in [0.29, 0.717) is 48.9 Å². The highest BCUT2D eigenvalue weighted by molar-refractivity contribution is 5.91. The van der Waals surface area contributed by atoms with E-state index in [1.54, 1.807) is 20.3 Å². The molecular formula is C69H67N21O2. The fraction of sp³-hybridized carbons (Fsp3) is 0.290. The van der Waals surface area contributed by atoms with Gasteiger partial charge in [0.25, 0.3) is 0 Å². The average molecular weight is 1220 g/mol. The number of amides is 1. The van der Waals surface area contributed by atoms with Gasteiger partial charge in [0.15, 0.2) is 22.8 Å². The van der Waals surface area contributed by atoms with E-state index in [-0.39, 0.29) is 17.9 Å². The number of hydrogen-bond donors (Lipinski definition) is 3. The highest BCUT2D eigenvalue weighted by Crippen LogP contribution is 2.42. The molecule has 0 aliphatic carbocycles. The van der Waals surface area contributed by atoms with E-state index in [1.165, 1.54) is 17.5 Å². The predicted molar refractivity (Wildman–Crippen MR) is 347 cm³/mol. The van der Waals surface area contributed by atoms with Gasteiger partial charge in [0.05, 0.1) is 53.2 Å². The van der Waals surface area contributed by atoms with Crippen molar-refractivity contribution in [2.45, 2.75) is 97.9 Å². The number of fused-ring (bicyclic) bond motifs is 4. The number of nitrogens with zero attached hydrogens (tertiary/aromatic N) is 18. The molecule has 15 heterocycles. The van der Waals surface area contributed by atoms with Crippen molar-refractivity contribution in [2.75, 3.05) is 32.7 Å². The Morgan fingerprint density at radius 1 is 0.565 bits per heavy atom. The smallest absolute Gasteiger partial charge is 0.410 e. The lowest BCUT2D eigenvalue weighted by molar-refractivity contribution is 0.00758. The molecule has 3 aliphatic heterocycles. The van der Waals surface area contributed by atoms with Crippen LogP contribution in [0.15, 0.2) is 134 Å². The molecule has 2 fully saturated rings. The molecule has 1 amide bonds. The number of aryl methyl sites for hydroxylation is 3. The summed E-state index contributed by atoms with van der Waals surface area (Å²) in [6, 6.07) is 35.2. The van der Waals surface area contributed by atoms with Crippen LogP contribution in [-0.2, 0) is 30.8 Å². The lowest BCUT2D eigenvalue weighted by Gasteiger charge is -2.38. The van der Waals surface area contributed by atoms with Crippen molar-refractivity contribution in [3.63, 3.8) is 0 Å². The molecule has 0 bridgehead atoms. The van der Waals surface area contributed by atoms with Crippen LogP contribution in [0.25, 0.3) is 96.0 Å². The number of benzene rings is 1. The lowest BCUT2D eigenvalue weighted by atomic mass is 9.96. The van der Waals surface area contributed by atoms with Crippen LogP contribution in [0.3, 0.4) is 0 Å². The maximum absolute atomic E-state index is 13.1. The van der Waals surface area contributed by atoms with E-state index in [0.717, 1.165) is 159 Å². The van der Waals surface area contributed by atoms with Crippen molar-refractivity contribution < 1.29 is 9.53 Å². The number of hydrogen-bond acceptors (Lipinski definition) is 16. The monoisotopic (exact) mass is 1220 g/mol. The Bertz CT molecular complexity index is 4970. The first-order chi connectivity index (χ1) is 44.7. The van der Waals surface area contributed by atoms with Gasteiger partial charge in [0, 0.05) is 96.6 Å². The van der Waals surface area contributed by atoms with Gasteiger partial charge in [-0.15, -0.1) is 0 Å². The first-order valence-electron chi connectivity index (χ1n) is 31.4. The quantitative estimate of drug-likeness (QED) is 0.0970. The third kappa shape index (κ3) is 11.0. The molecule has 3 N–H and O–H groups in total. The first-order valence-corrected chi connectivity index (χ1v) is 31.4. The molecule has 0 spiro atoms. The molecule has 16 rings (SSSR count). The van der Waals surface area contributed by atoms with Crippen molar-refractivity contribution in [3.05, 3.63) is 186 Å². The minimum atomic E-state index is -0.607. The molecule has 3 aliphatic rings. The van der Waals surface area contributed by atoms with E-state index < -0.39 is 5.60 Å². The van der Waals surface area contributed by atoms with Crippen LogP contribution >= 0.6 is 0 Å². The maximum Gasteiger partial charge on any atom is 0.410 e. The molecule has 1 unspecified atom stereocenters. The number of aromatic amines is 3. The van der Waals surface area contributed by atoms with Crippen molar-refractivity contribution in [3.8, 4) is 79.1 Å². The number of imidazole rings is 3. The van der Waals surface area contributed by atoms with Gasteiger partial charge in [-0.05, 0) is 151 Å². The van der Waals surface area contributed by atoms with Gasteiger partial charge in [-0.1, -0.05) is 36.4 Å². The second-order valence-electron chi connectivity index (χ2n) is 25.6. The fourth-order valence-corrected chi connectivity index (χ4v) is 13.2. The number of nitrogens with one attached hydrogen (secondary N) is 3. The highest BCUT2D eigenvalue weighted by atomic mass is 16.6. The van der Waals surface area contributed by atoms with Crippen LogP contribution in [0, 0.1) is 20.8 Å². The summed E-state index contributed by atoms with van der Waals surface area (Å²) in [5, 5.41) is 14.2. The van der Waals surface area contributed by atoms with Gasteiger partial charge in [-0.25, -0.2) is 48.2 Å². The number of carbonyl (C=O) groups is 1. The summed E-state index contributed by atoms with van der Waals surface area (Å²) in [7, 11) is 0. The maximum atomic E-state index is 13.1. The third-order valence-electron chi connectivity index (χ3n) is 17.6. The molecule has 23 heteroatoms. The molecule has 92 heavy (non-hydrogen) atoms. The van der Waals surface area contributed by atoms with Gasteiger partial charge in [0.1, 0.15) is 52.8 Å². The van der Waals surface area contributed by atoms with Gasteiger partial charge in [-0.3, -0.25) is 24.8 Å². The van der Waals surface area contributed by atoms with Crippen molar-refractivity contribution in [1.82, 2.24) is 103 Å². The largest absolute Gasteiger partial charge is 0.444 e. The molecule has 23 nitrogen and oxygen atoms in total. The summed E-state index contributed by atoms with van der Waals surface area (Å²) in [6.07, 6.45) is 11.7. The van der Waals surface area contributed by atoms with E-state index in [2.05, 4.69) is 99.5 Å². The van der Waals surface area contributed by atoms with Crippen LogP contribution < -0.4 is 0 Å². The molecule has 1 atom stereocenters. The molecule has 460 valence electrons. The van der Waals surface area contributed by atoms with Gasteiger partial charge >= 0.3 is 6.09 Å². The van der Waals surface area contributed by atoms with E-state index >= 15 is 0 Å². The molecule has 13 aromatic rings. The Morgan fingerprint density at radius 2 is 1.26 bits per heavy atom. The van der Waals surface area contributed by atoms with Crippen LogP contribution in [0.2, 0.25) is 0 Å². The van der Waals surface area contributed by atoms with Crippen LogP contribution in [-0.4, -0.2) is 148 Å². The topological polar surface area (TPSA) is 251 Å². The number of aromatic nitrogens is 18. The summed E-state index contributed by atoms with van der Waals surface area (Å²) in [5.41, 5.74) is 18.3. The number of rotatable bonds is 13. The van der Waals surface area contributed by atoms with Gasteiger partial charge in [0.2, 0.25) is 0 Å². The first kappa shape index (κ1) is 56.6. The molecular weight excluding hydrogens is 1150 g/mol. The zero-order valence-electron chi connectivity index (χ0n) is 52.0. The lowest BCUT2D eigenvalue weighted by Crippen LogP contribution is -2.50. The Kier molecular flexibility index (Phi) is 13.9. The van der Waals surface area contributed by atoms with Gasteiger partial charge in [-0.2, -0.15) is 15.3 Å². The minimum Gasteiger partial charge on any atom is -0.444 e. The summed E-state index contributed by atoms with van der Waals surface area (Å²) in [5.74, 6) is 3.29. The summed E-state index contributed by atoms with van der Waals surface area (Å²) >= 11 is 0. The predicted octanol–water partition coefficient (Wildman–Crippen LogP) is 11.0. The zero-order valence-corrected chi connectivity index (χ0v) is 52.0.